The van der Waals surface area contributed by atoms with Gasteiger partial charge in [-0.15, -0.1) is 0 Å². The SMILES string of the molecule is C[C@H](CCN(CCCc1ccccc1)C(=O)OC(C)(C)C)COc1ccc2c(c1)C1(CCC(Nc3cccc(Cl)c3)(C(=O)O)CC1)[C@@H](C[C@@H](C)COc1ccnc3c1[C@H](C)CCC3)C2. The minimum absolute atomic E-state index is 0.187. The molecule has 1 fully saturated rings. The molecule has 0 radical (unpaired) electrons. The first-order chi connectivity index (χ1) is 30.6. The van der Waals surface area contributed by atoms with Gasteiger partial charge in [0.15, 0.2) is 0 Å². The Morgan fingerprint density at radius 3 is 2.44 bits per heavy atom. The number of benzene rings is 3. The number of anilines is 1. The van der Waals surface area contributed by atoms with Crippen LogP contribution in [0.4, 0.5) is 10.5 Å². The molecule has 3 aromatic carbocycles. The van der Waals surface area contributed by atoms with Crippen LogP contribution in [-0.2, 0) is 34.2 Å². The summed E-state index contributed by atoms with van der Waals surface area (Å²) in [7, 11) is 0. The topological polar surface area (TPSA) is 110 Å². The fraction of sp³-hybridized carbons (Fsp3) is 0.537. The fourth-order valence-corrected chi connectivity index (χ4v) is 10.8. The molecule has 9 nitrogen and oxygen atoms in total. The van der Waals surface area contributed by atoms with Crippen molar-refractivity contribution in [3.8, 4) is 11.5 Å². The number of nitrogens with one attached hydrogen (secondary N) is 1. The highest BCUT2D eigenvalue weighted by Crippen LogP contribution is 2.57. The largest absolute Gasteiger partial charge is 0.493 e. The molecule has 0 aliphatic heterocycles. The van der Waals surface area contributed by atoms with Crippen LogP contribution in [0.1, 0.15) is 133 Å². The van der Waals surface area contributed by atoms with Gasteiger partial charge in [-0.2, -0.15) is 0 Å². The van der Waals surface area contributed by atoms with Gasteiger partial charge in [0.2, 0.25) is 0 Å². The lowest BCUT2D eigenvalue weighted by Crippen LogP contribution is -2.53. The summed E-state index contributed by atoms with van der Waals surface area (Å²) >= 11 is 6.35. The van der Waals surface area contributed by atoms with Gasteiger partial charge in [-0.1, -0.05) is 74.8 Å². The molecular weight excluding hydrogens is 822 g/mol. The van der Waals surface area contributed by atoms with Crippen LogP contribution in [0.5, 0.6) is 11.5 Å². The average molecular weight is 893 g/mol. The molecule has 1 saturated carbocycles. The monoisotopic (exact) mass is 891 g/mol. The van der Waals surface area contributed by atoms with E-state index in [1.54, 1.807) is 12.1 Å². The smallest absolute Gasteiger partial charge is 0.410 e. The Hall–Kier alpha value is -4.76. The van der Waals surface area contributed by atoms with Crippen molar-refractivity contribution < 1.29 is 28.9 Å². The number of carbonyl (C=O) groups is 2. The number of carboxylic acids is 1. The third-order valence-electron chi connectivity index (χ3n) is 14.1. The molecule has 1 heterocycles. The first-order valence-corrected chi connectivity index (χ1v) is 24.2. The number of nitrogens with zero attached hydrogens (tertiary/aromatic N) is 2. The molecule has 1 amide bonds. The molecular formula is C54H70ClN3O6. The van der Waals surface area contributed by atoms with Gasteiger partial charge in [0.05, 0.1) is 13.2 Å². The number of pyridine rings is 1. The van der Waals surface area contributed by atoms with Crippen LogP contribution in [0.3, 0.4) is 0 Å². The molecule has 64 heavy (non-hydrogen) atoms. The minimum atomic E-state index is -1.10. The number of fused-ring (bicyclic) bond motifs is 3. The predicted octanol–water partition coefficient (Wildman–Crippen LogP) is 12.5. The van der Waals surface area contributed by atoms with Crippen molar-refractivity contribution >= 4 is 29.4 Å². The number of amides is 1. The van der Waals surface area contributed by atoms with Gasteiger partial charge < -0.3 is 29.5 Å². The summed E-state index contributed by atoms with van der Waals surface area (Å²) in [6.07, 6.45) is 11.8. The van der Waals surface area contributed by atoms with Gasteiger partial charge in [-0.3, -0.25) is 4.98 Å². The molecule has 0 saturated heterocycles. The molecule has 4 aromatic rings. The Labute approximate surface area is 386 Å². The number of carboxylic acid groups (broad SMARTS) is 1. The highest BCUT2D eigenvalue weighted by atomic mass is 35.5. The predicted molar refractivity (Wildman–Crippen MR) is 256 cm³/mol. The third-order valence-corrected chi connectivity index (χ3v) is 14.3. The van der Waals surface area contributed by atoms with Crippen molar-refractivity contribution in [1.82, 2.24) is 9.88 Å². The van der Waals surface area contributed by atoms with Crippen LogP contribution < -0.4 is 14.8 Å². The molecule has 7 rings (SSSR count). The Morgan fingerprint density at radius 1 is 0.938 bits per heavy atom. The molecule has 4 atom stereocenters. The Kier molecular flexibility index (Phi) is 15.2. The van der Waals surface area contributed by atoms with Crippen molar-refractivity contribution in [2.24, 2.45) is 17.8 Å². The maximum absolute atomic E-state index is 13.3. The lowest BCUT2D eigenvalue weighted by atomic mass is 9.59. The van der Waals surface area contributed by atoms with Gasteiger partial charge in [-0.25, -0.2) is 9.59 Å². The first-order valence-electron chi connectivity index (χ1n) is 23.8. The van der Waals surface area contributed by atoms with Crippen LogP contribution in [0.25, 0.3) is 0 Å². The van der Waals surface area contributed by atoms with Crippen molar-refractivity contribution in [2.75, 3.05) is 31.6 Å². The number of ether oxygens (including phenoxy) is 3. The number of hydrogen-bond donors (Lipinski definition) is 2. The summed E-state index contributed by atoms with van der Waals surface area (Å²) in [5, 5.41) is 14.8. The van der Waals surface area contributed by atoms with Gasteiger partial charge >= 0.3 is 12.1 Å². The minimum Gasteiger partial charge on any atom is -0.493 e. The maximum atomic E-state index is 13.3. The van der Waals surface area contributed by atoms with Crippen molar-refractivity contribution in [2.45, 2.75) is 141 Å². The molecule has 3 aliphatic carbocycles. The summed E-state index contributed by atoms with van der Waals surface area (Å²) in [6.45, 7) is 14.8. The lowest BCUT2D eigenvalue weighted by Gasteiger charge is -2.47. The molecule has 3 aliphatic rings. The Balaban J connectivity index is 1.05. The second-order valence-electron chi connectivity index (χ2n) is 20.3. The van der Waals surface area contributed by atoms with Crippen LogP contribution in [0.2, 0.25) is 5.02 Å². The fourth-order valence-electron chi connectivity index (χ4n) is 10.6. The van der Waals surface area contributed by atoms with Gasteiger partial charge in [0.25, 0.3) is 0 Å². The number of aromatic nitrogens is 1. The van der Waals surface area contributed by atoms with E-state index in [0.29, 0.717) is 56.0 Å². The number of aryl methyl sites for hydroxylation is 2. The molecule has 10 heteroatoms. The van der Waals surface area contributed by atoms with E-state index in [-0.39, 0.29) is 23.3 Å². The van der Waals surface area contributed by atoms with Crippen LogP contribution >= 0.6 is 11.6 Å². The number of rotatable bonds is 18. The first kappa shape index (κ1) is 47.2. The number of halogens is 1. The van der Waals surface area contributed by atoms with Gasteiger partial charge in [0, 0.05) is 41.3 Å². The quantitative estimate of drug-likeness (QED) is 0.102. The molecule has 2 N–H and O–H groups in total. The van der Waals surface area contributed by atoms with E-state index in [0.717, 1.165) is 75.0 Å². The van der Waals surface area contributed by atoms with Gasteiger partial charge in [-0.05, 0) is 180 Å². The van der Waals surface area contributed by atoms with E-state index < -0.39 is 17.1 Å². The molecule has 0 bridgehead atoms. The number of hydrogen-bond acceptors (Lipinski definition) is 7. The number of aliphatic carboxylic acids is 1. The highest BCUT2D eigenvalue weighted by Gasteiger charge is 2.54. The maximum Gasteiger partial charge on any atom is 0.410 e. The highest BCUT2D eigenvalue weighted by molar-refractivity contribution is 6.30. The van der Waals surface area contributed by atoms with Crippen molar-refractivity contribution in [3.63, 3.8) is 0 Å². The van der Waals surface area contributed by atoms with E-state index in [1.807, 2.05) is 56.1 Å². The summed E-state index contributed by atoms with van der Waals surface area (Å²) in [6, 6.07) is 26.4. The molecule has 344 valence electrons. The summed E-state index contributed by atoms with van der Waals surface area (Å²) in [5.74, 6) is 2.20. The van der Waals surface area contributed by atoms with E-state index in [2.05, 4.69) is 68.6 Å². The zero-order valence-corrected chi connectivity index (χ0v) is 39.7. The second-order valence-corrected chi connectivity index (χ2v) is 20.7. The van der Waals surface area contributed by atoms with Crippen LogP contribution in [-0.4, -0.2) is 64.5 Å². The Morgan fingerprint density at radius 2 is 1.70 bits per heavy atom. The second kappa shape index (κ2) is 20.6. The third kappa shape index (κ3) is 11.5. The Bertz CT molecular complexity index is 2200. The molecule has 1 spiro atoms. The standard InChI is InChI=1S/C54H70ClN3O6/c1-37(23-30-58(51(61)64-52(4,5)6)29-12-16-40-14-8-7-9-15-40)35-62-45-21-20-41-32-42(31-38(2)36-63-48-22-28-56-47-19-10-13-39(3)49(47)48)53(46(41)34-45)24-26-54(27-25-53,50(59)60)57-44-18-11-17-43(55)33-44/h7-9,11,14-15,17-18,20-22,28,33-34,37-39,42,57H,10,12-13,16,19,23-27,29-32,35-36H2,1-6H3,(H,59,60)/t37-,38-,39-,42+,53?,54?/m1/s1. The summed E-state index contributed by atoms with van der Waals surface area (Å²) in [5.41, 5.74) is 5.17. The molecule has 1 aromatic heterocycles. The van der Waals surface area contributed by atoms with Crippen molar-refractivity contribution in [3.05, 3.63) is 118 Å². The van der Waals surface area contributed by atoms with E-state index in [4.69, 9.17) is 30.8 Å². The average Bonchev–Trinajstić information content (AvgIpc) is 3.54. The zero-order chi connectivity index (χ0) is 45.5. The van der Waals surface area contributed by atoms with E-state index in [9.17, 15) is 14.7 Å². The molecule has 0 unspecified atom stereocenters. The summed E-state index contributed by atoms with van der Waals surface area (Å²) in [4.78, 5) is 33.0. The van der Waals surface area contributed by atoms with Crippen molar-refractivity contribution in [1.29, 1.82) is 0 Å². The van der Waals surface area contributed by atoms with E-state index in [1.165, 1.54) is 34.4 Å². The van der Waals surface area contributed by atoms with Crippen LogP contribution in [0.15, 0.2) is 85.1 Å². The van der Waals surface area contributed by atoms with E-state index >= 15 is 0 Å². The normalized spacial score (nSPS) is 22.5. The zero-order valence-electron chi connectivity index (χ0n) is 39.0. The summed E-state index contributed by atoms with van der Waals surface area (Å²) < 4.78 is 19.0. The number of carbonyl (C=O) groups excluding carboxylic acids is 1. The van der Waals surface area contributed by atoms with Gasteiger partial charge in [0.1, 0.15) is 22.6 Å². The lowest BCUT2D eigenvalue weighted by molar-refractivity contribution is -0.144. The van der Waals surface area contributed by atoms with Crippen LogP contribution in [0, 0.1) is 17.8 Å².